The van der Waals surface area contributed by atoms with E-state index in [2.05, 4.69) is 24.5 Å². The van der Waals surface area contributed by atoms with Gasteiger partial charge in [0, 0.05) is 35.3 Å². The highest BCUT2D eigenvalue weighted by Gasteiger charge is 2.23. The molecular formula is C15H22ClNO. The van der Waals surface area contributed by atoms with Gasteiger partial charge < -0.3 is 4.57 Å². The maximum atomic E-state index is 12.1. The number of rotatable bonds is 5. The van der Waals surface area contributed by atoms with Gasteiger partial charge in [0.15, 0.2) is 5.78 Å². The molecule has 0 radical (unpaired) electrons. The fourth-order valence-corrected chi connectivity index (χ4v) is 3.28. The second-order valence-electron chi connectivity index (χ2n) is 5.31. The Morgan fingerprint density at radius 2 is 2.06 bits per heavy atom. The average Bonchev–Trinajstić information content (AvgIpc) is 2.94. The van der Waals surface area contributed by atoms with Crippen LogP contribution in [-0.4, -0.2) is 16.2 Å². The topological polar surface area (TPSA) is 22.0 Å². The number of Topliss-reactive ketones (excluding diaryl/α,β-unsaturated/α-hetero) is 1. The van der Waals surface area contributed by atoms with Gasteiger partial charge in [-0.2, -0.15) is 0 Å². The molecule has 2 rings (SSSR count). The van der Waals surface area contributed by atoms with E-state index in [0.29, 0.717) is 18.3 Å². The predicted molar refractivity (Wildman–Crippen MR) is 75.7 cm³/mol. The lowest BCUT2D eigenvalue weighted by Gasteiger charge is -2.17. The molecule has 0 atom stereocenters. The van der Waals surface area contributed by atoms with E-state index in [4.69, 9.17) is 11.6 Å². The number of ketones is 1. The highest BCUT2D eigenvalue weighted by atomic mass is 35.5. The lowest BCUT2D eigenvalue weighted by atomic mass is 10.1. The molecule has 1 aliphatic carbocycles. The van der Waals surface area contributed by atoms with Gasteiger partial charge in [0.25, 0.3) is 0 Å². The van der Waals surface area contributed by atoms with E-state index in [0.717, 1.165) is 17.7 Å². The summed E-state index contributed by atoms with van der Waals surface area (Å²) in [5, 5.41) is 0. The molecule has 0 aliphatic heterocycles. The summed E-state index contributed by atoms with van der Waals surface area (Å²) in [7, 11) is 0. The van der Waals surface area contributed by atoms with E-state index >= 15 is 0 Å². The number of alkyl halides is 1. The molecule has 2 nitrogen and oxygen atoms in total. The molecule has 0 N–H and O–H groups in total. The molecule has 1 fully saturated rings. The maximum absolute atomic E-state index is 12.1. The molecule has 18 heavy (non-hydrogen) atoms. The Morgan fingerprint density at radius 1 is 1.39 bits per heavy atom. The summed E-state index contributed by atoms with van der Waals surface area (Å²) < 4.78 is 2.38. The lowest BCUT2D eigenvalue weighted by Crippen LogP contribution is -2.09. The maximum Gasteiger partial charge on any atom is 0.164 e. The molecule has 0 aromatic carbocycles. The molecule has 1 aromatic rings. The molecule has 1 aliphatic rings. The van der Waals surface area contributed by atoms with Crippen molar-refractivity contribution in [2.24, 2.45) is 0 Å². The van der Waals surface area contributed by atoms with Crippen LogP contribution in [0.3, 0.4) is 0 Å². The van der Waals surface area contributed by atoms with E-state index < -0.39 is 0 Å². The third-order valence-corrected chi connectivity index (χ3v) is 4.28. The summed E-state index contributed by atoms with van der Waals surface area (Å²) in [6.45, 7) is 4.20. The summed E-state index contributed by atoms with van der Waals surface area (Å²) >= 11 is 5.66. The fourth-order valence-electron chi connectivity index (χ4n) is 3.15. The van der Waals surface area contributed by atoms with Crippen molar-refractivity contribution >= 4 is 17.4 Å². The average molecular weight is 268 g/mol. The Bertz CT molecular complexity index is 430. The lowest BCUT2D eigenvalue weighted by molar-refractivity contribution is 0.0981. The molecule has 0 spiro atoms. The molecule has 0 bridgehead atoms. The Morgan fingerprint density at radius 3 is 2.67 bits per heavy atom. The quantitative estimate of drug-likeness (QED) is 0.572. The van der Waals surface area contributed by atoms with Crippen LogP contribution in [0.15, 0.2) is 6.07 Å². The highest BCUT2D eigenvalue weighted by Crippen LogP contribution is 2.33. The second-order valence-corrected chi connectivity index (χ2v) is 5.69. The molecule has 0 amide bonds. The van der Waals surface area contributed by atoms with Crippen LogP contribution in [0.2, 0.25) is 0 Å². The number of nitrogens with zero attached hydrogens (tertiary/aromatic N) is 1. The number of halogens is 1. The number of hydrogen-bond donors (Lipinski definition) is 0. The fraction of sp³-hybridized carbons (Fsp3) is 0.667. The van der Waals surface area contributed by atoms with E-state index in [9.17, 15) is 4.79 Å². The van der Waals surface area contributed by atoms with Gasteiger partial charge in [-0.1, -0.05) is 12.8 Å². The van der Waals surface area contributed by atoms with Crippen LogP contribution in [0.25, 0.3) is 0 Å². The minimum Gasteiger partial charge on any atom is -0.345 e. The first-order valence-electron chi connectivity index (χ1n) is 6.92. The summed E-state index contributed by atoms with van der Waals surface area (Å²) in [6.07, 6.45) is 6.48. The number of carbonyl (C=O) groups excluding carboxylic acids is 1. The van der Waals surface area contributed by atoms with Crippen LogP contribution in [-0.2, 0) is 0 Å². The van der Waals surface area contributed by atoms with Gasteiger partial charge in [-0.15, -0.1) is 11.6 Å². The zero-order chi connectivity index (χ0) is 13.1. The minimum atomic E-state index is 0.244. The Hall–Kier alpha value is -0.760. The highest BCUT2D eigenvalue weighted by molar-refractivity contribution is 6.18. The van der Waals surface area contributed by atoms with Crippen LogP contribution in [0, 0.1) is 13.8 Å². The van der Waals surface area contributed by atoms with Crippen LogP contribution < -0.4 is 0 Å². The van der Waals surface area contributed by atoms with Crippen molar-refractivity contribution in [3.8, 4) is 0 Å². The number of aromatic nitrogens is 1. The first kappa shape index (κ1) is 13.7. The summed E-state index contributed by atoms with van der Waals surface area (Å²) in [4.78, 5) is 12.1. The first-order valence-corrected chi connectivity index (χ1v) is 7.46. The first-order chi connectivity index (χ1) is 8.65. The van der Waals surface area contributed by atoms with Gasteiger partial charge >= 0.3 is 0 Å². The van der Waals surface area contributed by atoms with Crippen molar-refractivity contribution < 1.29 is 4.79 Å². The predicted octanol–water partition coefficient (Wildman–Crippen LogP) is 4.42. The van der Waals surface area contributed by atoms with Crippen molar-refractivity contribution in [1.82, 2.24) is 4.57 Å². The third-order valence-electron chi connectivity index (χ3n) is 4.01. The van der Waals surface area contributed by atoms with E-state index in [1.807, 2.05) is 0 Å². The van der Waals surface area contributed by atoms with Gasteiger partial charge in [-0.25, -0.2) is 0 Å². The second kappa shape index (κ2) is 5.92. The Kier molecular flexibility index (Phi) is 4.50. The van der Waals surface area contributed by atoms with Crippen molar-refractivity contribution in [3.05, 3.63) is 23.0 Å². The van der Waals surface area contributed by atoms with Crippen LogP contribution in [0.1, 0.15) is 66.3 Å². The Balaban J connectivity index is 2.22. The number of carbonyl (C=O) groups is 1. The molecule has 1 heterocycles. The zero-order valence-corrected chi connectivity index (χ0v) is 12.1. The van der Waals surface area contributed by atoms with Crippen LogP contribution in [0.5, 0.6) is 0 Å². The molecule has 0 unspecified atom stereocenters. The van der Waals surface area contributed by atoms with E-state index in [1.54, 1.807) is 0 Å². The van der Waals surface area contributed by atoms with E-state index in [-0.39, 0.29) is 5.78 Å². The van der Waals surface area contributed by atoms with Crippen LogP contribution >= 0.6 is 11.6 Å². The van der Waals surface area contributed by atoms with Gasteiger partial charge in [-0.05, 0) is 39.2 Å². The molecule has 3 heteroatoms. The largest absolute Gasteiger partial charge is 0.345 e. The van der Waals surface area contributed by atoms with Gasteiger partial charge in [-0.3, -0.25) is 4.79 Å². The SMILES string of the molecule is Cc1cc(C(=O)CCCCl)c(C)n1C1CCCC1. The van der Waals surface area contributed by atoms with Crippen molar-refractivity contribution in [2.75, 3.05) is 5.88 Å². The summed E-state index contributed by atoms with van der Waals surface area (Å²) in [6, 6.07) is 2.67. The van der Waals surface area contributed by atoms with E-state index in [1.165, 1.54) is 31.4 Å². The third kappa shape index (κ3) is 2.64. The summed E-state index contributed by atoms with van der Waals surface area (Å²) in [5.41, 5.74) is 3.29. The smallest absolute Gasteiger partial charge is 0.164 e. The standard InChI is InChI=1S/C15H22ClNO/c1-11-10-14(15(18)8-5-9-16)12(2)17(11)13-6-3-4-7-13/h10,13H,3-9H2,1-2H3. The number of hydrogen-bond acceptors (Lipinski definition) is 1. The van der Waals surface area contributed by atoms with Gasteiger partial charge in [0.05, 0.1) is 0 Å². The van der Waals surface area contributed by atoms with Crippen molar-refractivity contribution in [2.45, 2.75) is 58.4 Å². The molecular weight excluding hydrogens is 246 g/mol. The summed E-state index contributed by atoms with van der Waals surface area (Å²) in [5.74, 6) is 0.806. The van der Waals surface area contributed by atoms with Crippen LogP contribution in [0.4, 0.5) is 0 Å². The Labute approximate surface area is 114 Å². The van der Waals surface area contributed by atoms with Gasteiger partial charge in [0.2, 0.25) is 0 Å². The molecule has 1 aromatic heterocycles. The molecule has 0 saturated heterocycles. The zero-order valence-electron chi connectivity index (χ0n) is 11.3. The van der Waals surface area contributed by atoms with Gasteiger partial charge in [0.1, 0.15) is 0 Å². The molecule has 1 saturated carbocycles. The monoisotopic (exact) mass is 267 g/mol. The minimum absolute atomic E-state index is 0.244. The van der Waals surface area contributed by atoms with Crippen molar-refractivity contribution in [3.63, 3.8) is 0 Å². The normalized spacial score (nSPS) is 16.4. The number of aryl methyl sites for hydroxylation is 1. The van der Waals surface area contributed by atoms with Crippen molar-refractivity contribution in [1.29, 1.82) is 0 Å². The molecule has 100 valence electrons.